The second kappa shape index (κ2) is 14.3. The highest BCUT2D eigenvalue weighted by atomic mass is 79.9. The summed E-state index contributed by atoms with van der Waals surface area (Å²) in [6.07, 6.45) is 17.4. The molecule has 246 valence electrons. The van der Waals surface area contributed by atoms with Crippen LogP contribution in [0.1, 0.15) is 91.2 Å². The molecule has 0 saturated heterocycles. The largest absolute Gasteiger partial charge is 0.401 e. The van der Waals surface area contributed by atoms with Gasteiger partial charge in [0.15, 0.2) is 0 Å². The number of hydrazine groups is 1. The summed E-state index contributed by atoms with van der Waals surface area (Å²) in [5.41, 5.74) is 17.5. The van der Waals surface area contributed by atoms with E-state index in [9.17, 15) is 0 Å². The van der Waals surface area contributed by atoms with Gasteiger partial charge in [0.25, 0.3) is 0 Å². The van der Waals surface area contributed by atoms with Gasteiger partial charge in [-0.3, -0.25) is 5.01 Å². The van der Waals surface area contributed by atoms with Crippen molar-refractivity contribution in [1.29, 1.82) is 0 Å². The molecule has 4 N–H and O–H groups in total. The van der Waals surface area contributed by atoms with E-state index in [-0.39, 0.29) is 16.9 Å². The lowest BCUT2D eigenvalue weighted by Gasteiger charge is -2.33. The Labute approximate surface area is 286 Å². The van der Waals surface area contributed by atoms with E-state index >= 15 is 0 Å². The molecule has 2 aromatic carbocycles. The van der Waals surface area contributed by atoms with E-state index in [4.69, 9.17) is 11.6 Å². The van der Waals surface area contributed by atoms with Crippen LogP contribution in [0.15, 0.2) is 107 Å². The van der Waals surface area contributed by atoms with Crippen molar-refractivity contribution in [3.05, 3.63) is 118 Å². The number of fused-ring (bicyclic) bond motifs is 2. The standard InChI is InChI=1S/C40H54BrN5/c1-7-26-44-34-18-11-9-16-32(34)39(3,4)36(44)22-20-29-14-13-15-30(38(29)46(43)28-31(42)24-25-41)21-23-37-40(5,6)33-17-10-12-19-35(33)45(37)27-8-2/h9-12,16-23,28,36H,7-8,13-15,24-27,42-43H2,1-6H3/b22-20+,30-21+,31-28-,37-23+. The molecule has 3 aliphatic rings. The monoisotopic (exact) mass is 683 g/mol. The molecular weight excluding hydrogens is 630 g/mol. The van der Waals surface area contributed by atoms with Crippen LogP contribution in [0.3, 0.4) is 0 Å². The van der Waals surface area contributed by atoms with Crippen molar-refractivity contribution < 1.29 is 0 Å². The maximum atomic E-state index is 6.91. The van der Waals surface area contributed by atoms with Crippen LogP contribution in [0.4, 0.5) is 11.4 Å². The first-order valence-corrected chi connectivity index (χ1v) is 18.3. The molecule has 1 atom stereocenters. The number of anilines is 2. The molecule has 0 aromatic heterocycles. The predicted octanol–water partition coefficient (Wildman–Crippen LogP) is 9.34. The van der Waals surface area contributed by atoms with E-state index < -0.39 is 0 Å². The highest BCUT2D eigenvalue weighted by molar-refractivity contribution is 9.09. The Morgan fingerprint density at radius 1 is 0.935 bits per heavy atom. The van der Waals surface area contributed by atoms with Gasteiger partial charge in [-0.2, -0.15) is 0 Å². The molecule has 1 aliphatic carbocycles. The minimum atomic E-state index is -0.0848. The Balaban J connectivity index is 1.59. The van der Waals surface area contributed by atoms with Crippen LogP contribution in [0, 0.1) is 0 Å². The maximum absolute atomic E-state index is 6.91. The van der Waals surface area contributed by atoms with Gasteiger partial charge in [0, 0.05) is 58.2 Å². The Bertz CT molecular complexity index is 1560. The molecular formula is C40H54BrN5. The predicted molar refractivity (Wildman–Crippen MR) is 201 cm³/mol. The number of hydrogen-bond acceptors (Lipinski definition) is 5. The summed E-state index contributed by atoms with van der Waals surface area (Å²) in [4.78, 5) is 5.10. The van der Waals surface area contributed by atoms with E-state index in [0.29, 0.717) is 0 Å². The van der Waals surface area contributed by atoms with Crippen molar-refractivity contribution in [2.75, 3.05) is 28.2 Å². The molecule has 0 amide bonds. The average molecular weight is 685 g/mol. The molecule has 2 aliphatic heterocycles. The lowest BCUT2D eigenvalue weighted by molar-refractivity contribution is 0.468. The number of halogens is 1. The molecule has 0 fully saturated rings. The van der Waals surface area contributed by atoms with Crippen molar-refractivity contribution in [2.45, 2.75) is 96.9 Å². The van der Waals surface area contributed by atoms with Crippen LogP contribution in [0.25, 0.3) is 0 Å². The van der Waals surface area contributed by atoms with Gasteiger partial charge in [0.05, 0.1) is 11.7 Å². The summed E-state index contributed by atoms with van der Waals surface area (Å²) in [6.45, 7) is 16.0. The van der Waals surface area contributed by atoms with Crippen molar-refractivity contribution in [1.82, 2.24) is 5.01 Å². The lowest BCUT2D eigenvalue weighted by atomic mass is 9.80. The zero-order valence-corrected chi connectivity index (χ0v) is 30.4. The van der Waals surface area contributed by atoms with Gasteiger partial charge in [0.1, 0.15) is 0 Å². The summed E-state index contributed by atoms with van der Waals surface area (Å²) in [6, 6.07) is 18.0. The molecule has 0 bridgehead atoms. The number of nitrogens with zero attached hydrogens (tertiary/aromatic N) is 3. The van der Waals surface area contributed by atoms with Gasteiger partial charge < -0.3 is 15.5 Å². The van der Waals surface area contributed by atoms with Gasteiger partial charge in [-0.15, -0.1) is 0 Å². The van der Waals surface area contributed by atoms with Crippen molar-refractivity contribution in [3.8, 4) is 0 Å². The molecule has 2 heterocycles. The van der Waals surface area contributed by atoms with Crippen LogP contribution in [0.5, 0.6) is 0 Å². The number of alkyl halides is 1. The van der Waals surface area contributed by atoms with E-state index in [0.717, 1.165) is 68.3 Å². The lowest BCUT2D eigenvalue weighted by Crippen LogP contribution is -2.40. The maximum Gasteiger partial charge on any atom is 0.0632 e. The van der Waals surface area contributed by atoms with Crippen molar-refractivity contribution >= 4 is 27.3 Å². The third-order valence-corrected chi connectivity index (χ3v) is 10.5. The van der Waals surface area contributed by atoms with Crippen LogP contribution < -0.4 is 21.4 Å². The average Bonchev–Trinajstić information content (AvgIpc) is 3.38. The SMILES string of the molecule is CCCN1/C(=C/C=C2\CCCC(/C=C/C3N(CCC)c4ccccc4C3(C)C)=C2N(N)/C=C(\N)CCBr)C(C)(C)c2ccccc21. The molecule has 5 nitrogen and oxygen atoms in total. The fraction of sp³-hybridized carbons (Fsp3) is 0.450. The highest BCUT2D eigenvalue weighted by Gasteiger charge is 2.43. The van der Waals surface area contributed by atoms with Crippen LogP contribution in [-0.4, -0.2) is 29.5 Å². The summed E-state index contributed by atoms with van der Waals surface area (Å²) in [7, 11) is 0. The smallest absolute Gasteiger partial charge is 0.0632 e. The zero-order valence-electron chi connectivity index (χ0n) is 28.8. The molecule has 0 saturated carbocycles. The van der Waals surface area contributed by atoms with Crippen LogP contribution >= 0.6 is 15.9 Å². The van der Waals surface area contributed by atoms with Gasteiger partial charge >= 0.3 is 0 Å². The van der Waals surface area contributed by atoms with Gasteiger partial charge in [0.2, 0.25) is 0 Å². The molecule has 6 heteroatoms. The topological polar surface area (TPSA) is 61.8 Å². The number of nitrogens with two attached hydrogens (primary N) is 2. The second-order valence-electron chi connectivity index (χ2n) is 14.1. The minimum Gasteiger partial charge on any atom is -0.401 e. The number of hydrogen-bond donors (Lipinski definition) is 2. The Kier molecular flexibility index (Phi) is 10.6. The van der Waals surface area contributed by atoms with E-state index in [2.05, 4.69) is 140 Å². The zero-order chi connectivity index (χ0) is 33.1. The Hall–Kier alpha value is -3.22. The van der Waals surface area contributed by atoms with Gasteiger partial charge in [-0.25, -0.2) is 5.84 Å². The summed E-state index contributed by atoms with van der Waals surface area (Å²) in [5.74, 6) is 6.91. The third kappa shape index (κ3) is 6.48. The molecule has 0 radical (unpaired) electrons. The fourth-order valence-electron chi connectivity index (χ4n) is 7.79. The molecule has 1 unspecified atom stereocenters. The first kappa shape index (κ1) is 34.1. The highest BCUT2D eigenvalue weighted by Crippen LogP contribution is 2.48. The molecule has 2 aromatic rings. The Morgan fingerprint density at radius 2 is 1.61 bits per heavy atom. The number of benzene rings is 2. The molecule has 46 heavy (non-hydrogen) atoms. The summed E-state index contributed by atoms with van der Waals surface area (Å²) < 4.78 is 0. The normalized spacial score (nSPS) is 22.3. The molecule has 5 rings (SSSR count). The third-order valence-electron chi connectivity index (χ3n) is 10.1. The molecule has 0 spiro atoms. The van der Waals surface area contributed by atoms with Crippen molar-refractivity contribution in [3.63, 3.8) is 0 Å². The Morgan fingerprint density at radius 3 is 2.30 bits per heavy atom. The van der Waals surface area contributed by atoms with E-state index in [1.807, 2.05) is 6.20 Å². The van der Waals surface area contributed by atoms with Crippen molar-refractivity contribution in [2.24, 2.45) is 11.6 Å². The van der Waals surface area contributed by atoms with Crippen LogP contribution in [-0.2, 0) is 10.8 Å². The number of para-hydroxylation sites is 2. The fourth-order valence-corrected chi connectivity index (χ4v) is 8.25. The van der Waals surface area contributed by atoms with Crippen LogP contribution in [0.2, 0.25) is 0 Å². The van der Waals surface area contributed by atoms with Gasteiger partial charge in [-0.1, -0.05) is 112 Å². The first-order chi connectivity index (χ1) is 22.1. The van der Waals surface area contributed by atoms with E-state index in [1.165, 1.54) is 39.3 Å². The van der Waals surface area contributed by atoms with E-state index in [1.54, 1.807) is 5.01 Å². The quantitative estimate of drug-likeness (QED) is 0.140. The second-order valence-corrected chi connectivity index (χ2v) is 14.8. The minimum absolute atomic E-state index is 0.00481. The number of rotatable bonds is 11. The van der Waals surface area contributed by atoms with Gasteiger partial charge in [-0.05, 0) is 79.0 Å². The summed E-state index contributed by atoms with van der Waals surface area (Å²) >= 11 is 3.54. The number of allylic oxidation sites excluding steroid dienone is 7. The first-order valence-electron chi connectivity index (χ1n) is 17.2. The summed E-state index contributed by atoms with van der Waals surface area (Å²) in [5, 5.41) is 2.59.